The number of nitrogens with zero attached hydrogens (tertiary/aromatic N) is 5. The average Bonchev–Trinajstić information content (AvgIpc) is 3.42. The van der Waals surface area contributed by atoms with Crippen LogP contribution in [0.5, 0.6) is 5.75 Å². The van der Waals surface area contributed by atoms with Gasteiger partial charge in [-0.05, 0) is 41.6 Å². The molecule has 2 N–H and O–H groups in total. The average molecular weight is 388 g/mol. The van der Waals surface area contributed by atoms with Crippen LogP contribution in [0.3, 0.4) is 0 Å². The fraction of sp³-hybridized carbons (Fsp3) is 0.100. The lowest BCUT2D eigenvalue weighted by Gasteiger charge is -2.09. The van der Waals surface area contributed by atoms with E-state index in [1.54, 1.807) is 0 Å². The number of nitrogens with two attached hydrogens (primary N) is 1. The van der Waals surface area contributed by atoms with E-state index in [1.807, 2.05) is 61.5 Å². The molecular formula is C20H16N6O3. The Morgan fingerprint density at radius 2 is 1.90 bits per heavy atom. The van der Waals surface area contributed by atoms with E-state index < -0.39 is 6.03 Å². The number of rotatable bonds is 4. The summed E-state index contributed by atoms with van der Waals surface area (Å²) in [6.07, 6.45) is 0. The number of fused-ring (bicyclic) bond motifs is 3. The highest BCUT2D eigenvalue weighted by atomic mass is 16.5. The molecule has 0 atom stereocenters. The monoisotopic (exact) mass is 388 g/mol. The largest absolute Gasteiger partial charge is 0.488 e. The van der Waals surface area contributed by atoms with E-state index in [9.17, 15) is 4.79 Å². The summed E-state index contributed by atoms with van der Waals surface area (Å²) in [5, 5.41) is 12.0. The number of para-hydroxylation sites is 2. The van der Waals surface area contributed by atoms with Crippen molar-refractivity contribution in [3.05, 3.63) is 54.6 Å². The zero-order chi connectivity index (χ0) is 20.0. The molecule has 0 saturated heterocycles. The minimum absolute atomic E-state index is 0.0841. The van der Waals surface area contributed by atoms with Gasteiger partial charge in [-0.15, -0.1) is 9.78 Å². The molecule has 0 spiro atoms. The molecule has 9 nitrogen and oxygen atoms in total. The lowest BCUT2D eigenvalue weighted by Crippen LogP contribution is -2.22. The highest BCUT2D eigenvalue weighted by Gasteiger charge is 2.29. The second-order valence-electron chi connectivity index (χ2n) is 6.31. The lowest BCUT2D eigenvalue weighted by molar-refractivity contribution is 0.247. The third-order valence-electron chi connectivity index (χ3n) is 4.64. The molecule has 0 bridgehead atoms. The summed E-state index contributed by atoms with van der Waals surface area (Å²) in [5.74, 6) is 0.775. The first-order valence-electron chi connectivity index (χ1n) is 9.03. The fourth-order valence-electron chi connectivity index (χ4n) is 3.52. The van der Waals surface area contributed by atoms with Gasteiger partial charge in [0.15, 0.2) is 11.3 Å². The molecule has 29 heavy (non-hydrogen) atoms. The molecule has 0 unspecified atom stereocenters. The van der Waals surface area contributed by atoms with Crippen molar-refractivity contribution in [2.24, 2.45) is 5.73 Å². The van der Waals surface area contributed by atoms with Crippen molar-refractivity contribution < 1.29 is 13.9 Å². The molecule has 3 aromatic heterocycles. The lowest BCUT2D eigenvalue weighted by atomic mass is 10.2. The number of carbonyl (C=O) groups excluding carboxylic acids is 1. The highest BCUT2D eigenvalue weighted by molar-refractivity contribution is 6.10. The Labute approximate surface area is 164 Å². The second kappa shape index (κ2) is 6.48. The van der Waals surface area contributed by atoms with Crippen LogP contribution in [0.1, 0.15) is 6.92 Å². The maximum atomic E-state index is 11.7. The third-order valence-corrected chi connectivity index (χ3v) is 4.64. The van der Waals surface area contributed by atoms with Crippen LogP contribution in [0, 0.1) is 0 Å². The minimum atomic E-state index is -0.815. The van der Waals surface area contributed by atoms with Crippen molar-refractivity contribution in [2.75, 3.05) is 6.61 Å². The van der Waals surface area contributed by atoms with Crippen molar-refractivity contribution in [3.8, 4) is 23.0 Å². The van der Waals surface area contributed by atoms with Gasteiger partial charge in [0.25, 0.3) is 0 Å². The number of carbonyl (C=O) groups is 1. The van der Waals surface area contributed by atoms with E-state index in [2.05, 4.69) is 20.1 Å². The van der Waals surface area contributed by atoms with Crippen molar-refractivity contribution in [1.82, 2.24) is 24.8 Å². The second-order valence-corrected chi connectivity index (χ2v) is 6.31. The number of tetrazole rings is 1. The van der Waals surface area contributed by atoms with Crippen LogP contribution in [0.2, 0.25) is 0 Å². The van der Waals surface area contributed by atoms with Crippen LogP contribution < -0.4 is 10.5 Å². The topological polar surface area (TPSA) is 114 Å². The summed E-state index contributed by atoms with van der Waals surface area (Å²) in [5.41, 5.74) is 8.65. The Morgan fingerprint density at radius 1 is 1.14 bits per heavy atom. The van der Waals surface area contributed by atoms with E-state index in [-0.39, 0.29) is 11.6 Å². The van der Waals surface area contributed by atoms with Gasteiger partial charge in [-0.1, -0.05) is 30.3 Å². The summed E-state index contributed by atoms with van der Waals surface area (Å²) < 4.78 is 15.1. The summed E-state index contributed by atoms with van der Waals surface area (Å²) in [7, 11) is 0. The zero-order valence-electron chi connectivity index (χ0n) is 15.4. The van der Waals surface area contributed by atoms with E-state index in [1.165, 1.54) is 0 Å². The molecule has 144 valence electrons. The summed E-state index contributed by atoms with van der Waals surface area (Å²) in [6.45, 7) is 2.26. The fourth-order valence-corrected chi connectivity index (χ4v) is 3.52. The molecule has 0 aliphatic heterocycles. The number of aromatic nitrogens is 5. The van der Waals surface area contributed by atoms with Gasteiger partial charge in [0.1, 0.15) is 5.52 Å². The molecule has 3 heterocycles. The molecule has 0 saturated carbocycles. The molecule has 1 amide bonds. The Balaban J connectivity index is 1.92. The molecule has 5 rings (SSSR count). The van der Waals surface area contributed by atoms with Gasteiger partial charge in [0, 0.05) is 11.1 Å². The first kappa shape index (κ1) is 17.0. The Morgan fingerprint density at radius 3 is 2.66 bits per heavy atom. The van der Waals surface area contributed by atoms with Gasteiger partial charge in [-0.3, -0.25) is 0 Å². The smallest absolute Gasteiger partial charge is 0.343 e. The number of furan rings is 1. The number of ether oxygens (including phenoxy) is 1. The quantitative estimate of drug-likeness (QED) is 0.472. The summed E-state index contributed by atoms with van der Waals surface area (Å²) >= 11 is 0. The van der Waals surface area contributed by atoms with Crippen LogP contribution in [0.25, 0.3) is 39.3 Å². The molecule has 5 aromatic rings. The molecule has 0 aliphatic carbocycles. The van der Waals surface area contributed by atoms with Crippen LogP contribution in [0.4, 0.5) is 4.79 Å². The SMILES string of the molecule is CCOc1c(-c2nnnn2C(N)=O)oc2c3ccccc3n(-c3ccccc3)c12. The van der Waals surface area contributed by atoms with Crippen LogP contribution in [-0.4, -0.2) is 37.4 Å². The minimum Gasteiger partial charge on any atom is -0.488 e. The maximum absolute atomic E-state index is 11.7. The molecule has 0 fully saturated rings. The van der Waals surface area contributed by atoms with Crippen LogP contribution in [-0.2, 0) is 0 Å². The number of hydrogen-bond donors (Lipinski definition) is 1. The standard InChI is InChI=1S/C20H16N6O3/c1-2-28-17-15-16(29-18(17)19-22-23-24-26(19)20(21)27)13-10-6-7-11-14(13)25(15)12-8-4-3-5-9-12/h3-11H,2H2,1H3,(H2,21,27). The Hall–Kier alpha value is -4.14. The van der Waals surface area contributed by atoms with Crippen molar-refractivity contribution >= 4 is 28.0 Å². The predicted octanol–water partition coefficient (Wildman–Crippen LogP) is 3.36. The molecule has 0 aliphatic rings. The normalized spacial score (nSPS) is 11.3. The number of primary amides is 1. The van der Waals surface area contributed by atoms with Gasteiger partial charge in [-0.2, -0.15) is 0 Å². The summed E-state index contributed by atoms with van der Waals surface area (Å²) in [6, 6.07) is 17.0. The molecular weight excluding hydrogens is 372 g/mol. The predicted molar refractivity (Wildman–Crippen MR) is 106 cm³/mol. The Kier molecular flexibility index (Phi) is 3.80. The highest BCUT2D eigenvalue weighted by Crippen LogP contribution is 2.45. The summed E-state index contributed by atoms with van der Waals surface area (Å²) in [4.78, 5) is 11.7. The Bertz CT molecular complexity index is 1350. The zero-order valence-corrected chi connectivity index (χ0v) is 15.4. The third kappa shape index (κ3) is 2.48. The molecule has 2 aromatic carbocycles. The maximum Gasteiger partial charge on any atom is 0.343 e. The van der Waals surface area contributed by atoms with Gasteiger partial charge < -0.3 is 19.5 Å². The van der Waals surface area contributed by atoms with Gasteiger partial charge >= 0.3 is 6.03 Å². The van der Waals surface area contributed by atoms with Crippen LogP contribution >= 0.6 is 0 Å². The van der Waals surface area contributed by atoms with Gasteiger partial charge in [-0.25, -0.2) is 4.79 Å². The van der Waals surface area contributed by atoms with E-state index >= 15 is 0 Å². The first-order chi connectivity index (χ1) is 14.2. The number of benzene rings is 2. The van der Waals surface area contributed by atoms with E-state index in [4.69, 9.17) is 14.9 Å². The van der Waals surface area contributed by atoms with Gasteiger partial charge in [0.05, 0.1) is 12.1 Å². The first-order valence-corrected chi connectivity index (χ1v) is 9.03. The van der Waals surface area contributed by atoms with Gasteiger partial charge in [0.2, 0.25) is 11.6 Å². The number of amides is 1. The van der Waals surface area contributed by atoms with E-state index in [0.29, 0.717) is 17.9 Å². The van der Waals surface area contributed by atoms with E-state index in [0.717, 1.165) is 26.8 Å². The molecule has 9 heteroatoms. The molecule has 0 radical (unpaired) electrons. The van der Waals surface area contributed by atoms with Crippen LogP contribution in [0.15, 0.2) is 59.0 Å². The number of hydrogen-bond acceptors (Lipinski definition) is 6. The van der Waals surface area contributed by atoms with Crippen molar-refractivity contribution in [1.29, 1.82) is 0 Å². The van der Waals surface area contributed by atoms with Crippen molar-refractivity contribution in [3.63, 3.8) is 0 Å². The van der Waals surface area contributed by atoms with Crippen molar-refractivity contribution in [2.45, 2.75) is 6.92 Å².